The van der Waals surface area contributed by atoms with Gasteiger partial charge in [-0.3, -0.25) is 24.1 Å². The third kappa shape index (κ3) is 3.39. The Morgan fingerprint density at radius 1 is 1.15 bits per heavy atom. The first-order chi connectivity index (χ1) is 12.8. The molecular formula is C18H14ClN3O5. The van der Waals surface area contributed by atoms with Gasteiger partial charge in [-0.1, -0.05) is 29.8 Å². The zero-order chi connectivity index (χ0) is 19.7. The van der Waals surface area contributed by atoms with E-state index >= 15 is 0 Å². The number of aromatic nitrogens is 1. The van der Waals surface area contributed by atoms with E-state index in [1.165, 1.54) is 0 Å². The average Bonchev–Trinajstić information content (AvgIpc) is 2.88. The molecule has 1 aromatic heterocycles. The molecule has 1 aliphatic heterocycles. The molecule has 2 N–H and O–H groups in total. The number of imide groups is 1. The van der Waals surface area contributed by atoms with E-state index in [2.05, 4.69) is 10.3 Å². The number of pyridine rings is 1. The normalized spacial score (nSPS) is 12.9. The van der Waals surface area contributed by atoms with Crippen molar-refractivity contribution < 1.29 is 24.3 Å². The first kappa shape index (κ1) is 18.5. The predicted octanol–water partition coefficient (Wildman–Crippen LogP) is 2.37. The first-order valence-corrected chi connectivity index (χ1v) is 8.33. The van der Waals surface area contributed by atoms with E-state index in [0.29, 0.717) is 5.56 Å². The molecule has 3 amide bonds. The fourth-order valence-corrected chi connectivity index (χ4v) is 3.08. The molecule has 1 aromatic carbocycles. The lowest BCUT2D eigenvalue weighted by Crippen LogP contribution is -2.32. The van der Waals surface area contributed by atoms with Gasteiger partial charge in [0.2, 0.25) is 0 Å². The molecule has 0 saturated heterocycles. The molecule has 2 aromatic rings. The van der Waals surface area contributed by atoms with E-state index in [1.807, 2.05) is 0 Å². The monoisotopic (exact) mass is 387 g/mol. The number of carboxylic acid groups (broad SMARTS) is 1. The van der Waals surface area contributed by atoms with Crippen LogP contribution in [0.4, 0.5) is 5.69 Å². The lowest BCUT2D eigenvalue weighted by molar-refractivity contribution is -0.137. The van der Waals surface area contributed by atoms with Crippen molar-refractivity contribution in [2.75, 3.05) is 11.9 Å². The Balaban J connectivity index is 2.02. The highest BCUT2D eigenvalue weighted by Crippen LogP contribution is 2.35. The topological polar surface area (TPSA) is 117 Å². The van der Waals surface area contributed by atoms with Gasteiger partial charge < -0.3 is 10.4 Å². The van der Waals surface area contributed by atoms with Gasteiger partial charge in [-0.15, -0.1) is 0 Å². The fourth-order valence-electron chi connectivity index (χ4n) is 2.78. The van der Waals surface area contributed by atoms with Crippen molar-refractivity contribution in [3.05, 3.63) is 57.9 Å². The highest BCUT2D eigenvalue weighted by molar-refractivity contribution is 6.37. The van der Waals surface area contributed by atoms with Gasteiger partial charge in [0.15, 0.2) is 0 Å². The van der Waals surface area contributed by atoms with Gasteiger partial charge in [0, 0.05) is 12.1 Å². The maximum absolute atomic E-state index is 12.7. The number of anilines is 1. The molecule has 0 spiro atoms. The van der Waals surface area contributed by atoms with Crippen molar-refractivity contribution in [1.82, 2.24) is 9.88 Å². The van der Waals surface area contributed by atoms with Crippen molar-refractivity contribution in [1.29, 1.82) is 0 Å². The molecule has 27 heavy (non-hydrogen) atoms. The summed E-state index contributed by atoms with van der Waals surface area (Å²) in [7, 11) is 0. The maximum atomic E-state index is 12.7. The van der Waals surface area contributed by atoms with Crippen molar-refractivity contribution in [3.63, 3.8) is 0 Å². The molecule has 1 aliphatic rings. The zero-order valence-electron chi connectivity index (χ0n) is 14.2. The van der Waals surface area contributed by atoms with Crippen LogP contribution >= 0.6 is 11.6 Å². The number of aryl methyl sites for hydroxylation is 1. The minimum Gasteiger partial charge on any atom is -0.481 e. The quantitative estimate of drug-likeness (QED) is 0.601. The largest absolute Gasteiger partial charge is 0.481 e. The van der Waals surface area contributed by atoms with Gasteiger partial charge in [0.05, 0.1) is 28.9 Å². The number of hydrogen-bond donors (Lipinski definition) is 2. The summed E-state index contributed by atoms with van der Waals surface area (Å²) >= 11 is 6.05. The first-order valence-electron chi connectivity index (χ1n) is 7.95. The van der Waals surface area contributed by atoms with E-state index in [9.17, 15) is 19.2 Å². The van der Waals surface area contributed by atoms with Crippen LogP contribution < -0.4 is 5.32 Å². The third-order valence-electron chi connectivity index (χ3n) is 4.08. The fraction of sp³-hybridized carbons (Fsp3) is 0.167. The predicted molar refractivity (Wildman–Crippen MR) is 96.0 cm³/mol. The SMILES string of the molecule is Cc1nc(Cl)c2c(c1NC(=O)c1ccccc1)C(=O)N(CCC(=O)O)C2=O. The molecule has 0 unspecified atom stereocenters. The number of aliphatic carboxylic acids is 1. The molecule has 8 nitrogen and oxygen atoms in total. The van der Waals surface area contributed by atoms with Gasteiger partial charge in [0.1, 0.15) is 5.15 Å². The summed E-state index contributed by atoms with van der Waals surface area (Å²) in [5.74, 6) is -3.07. The standard InChI is InChI=1S/C18H14ClN3O5/c1-9-14(21-16(25)10-5-3-2-4-6-10)12-13(15(19)20-9)18(27)22(17(12)26)8-7-11(23)24/h2-6H,7-8H2,1H3,(H,21,25)(H,23,24). The number of carboxylic acids is 1. The number of rotatable bonds is 5. The summed E-state index contributed by atoms with van der Waals surface area (Å²) in [6, 6.07) is 8.33. The molecule has 138 valence electrons. The summed E-state index contributed by atoms with van der Waals surface area (Å²) in [6.07, 6.45) is -0.402. The van der Waals surface area contributed by atoms with Gasteiger partial charge in [-0.25, -0.2) is 4.98 Å². The number of amides is 3. The van der Waals surface area contributed by atoms with Gasteiger partial charge in [-0.2, -0.15) is 0 Å². The van der Waals surface area contributed by atoms with Crippen LogP contribution in [-0.4, -0.2) is 45.2 Å². The van der Waals surface area contributed by atoms with E-state index < -0.39 is 30.1 Å². The smallest absolute Gasteiger partial charge is 0.305 e. The van der Waals surface area contributed by atoms with E-state index in [4.69, 9.17) is 16.7 Å². The van der Waals surface area contributed by atoms with Gasteiger partial charge in [0.25, 0.3) is 17.7 Å². The summed E-state index contributed by atoms with van der Waals surface area (Å²) in [5, 5.41) is 11.3. The van der Waals surface area contributed by atoms with E-state index in [1.54, 1.807) is 37.3 Å². The molecule has 0 fully saturated rings. The van der Waals surface area contributed by atoms with Crippen LogP contribution in [0.2, 0.25) is 5.15 Å². The molecular weight excluding hydrogens is 374 g/mol. The Hall–Kier alpha value is -3.26. The second-order valence-electron chi connectivity index (χ2n) is 5.84. The van der Waals surface area contributed by atoms with Crippen LogP contribution in [0.3, 0.4) is 0 Å². The van der Waals surface area contributed by atoms with Crippen LogP contribution in [-0.2, 0) is 4.79 Å². The number of carbonyl (C=O) groups excluding carboxylic acids is 3. The molecule has 9 heteroatoms. The molecule has 0 aliphatic carbocycles. The van der Waals surface area contributed by atoms with E-state index in [-0.39, 0.29) is 34.2 Å². The molecule has 0 saturated carbocycles. The van der Waals surface area contributed by atoms with Crippen molar-refractivity contribution >= 4 is 41.0 Å². The highest BCUT2D eigenvalue weighted by atomic mass is 35.5. The van der Waals surface area contributed by atoms with Crippen LogP contribution in [0.1, 0.15) is 43.2 Å². The molecule has 2 heterocycles. The van der Waals surface area contributed by atoms with E-state index in [0.717, 1.165) is 4.90 Å². The van der Waals surface area contributed by atoms with Gasteiger partial charge >= 0.3 is 5.97 Å². The maximum Gasteiger partial charge on any atom is 0.305 e. The number of halogens is 1. The number of carbonyl (C=O) groups is 4. The molecule has 0 atom stereocenters. The Kier molecular flexibility index (Phi) is 4.91. The summed E-state index contributed by atoms with van der Waals surface area (Å²) < 4.78 is 0. The third-order valence-corrected chi connectivity index (χ3v) is 4.35. The molecule has 0 radical (unpaired) electrons. The second kappa shape index (κ2) is 7.16. The summed E-state index contributed by atoms with van der Waals surface area (Å²) in [4.78, 5) is 53.4. The zero-order valence-corrected chi connectivity index (χ0v) is 14.9. The van der Waals surface area contributed by atoms with Crippen molar-refractivity contribution in [2.45, 2.75) is 13.3 Å². The second-order valence-corrected chi connectivity index (χ2v) is 6.20. The van der Waals surface area contributed by atoms with Crippen LogP contribution in [0.25, 0.3) is 0 Å². The molecule has 3 rings (SSSR count). The Morgan fingerprint density at radius 2 is 1.78 bits per heavy atom. The van der Waals surface area contributed by atoms with Crippen molar-refractivity contribution in [3.8, 4) is 0 Å². The van der Waals surface area contributed by atoms with Crippen LogP contribution in [0.5, 0.6) is 0 Å². The van der Waals surface area contributed by atoms with Crippen molar-refractivity contribution in [2.24, 2.45) is 0 Å². The Labute approximate surface area is 158 Å². The number of benzene rings is 1. The average molecular weight is 388 g/mol. The number of hydrogen-bond acceptors (Lipinski definition) is 5. The summed E-state index contributed by atoms with van der Waals surface area (Å²) in [6.45, 7) is 1.24. The number of nitrogens with zero attached hydrogens (tertiary/aromatic N) is 2. The number of fused-ring (bicyclic) bond motifs is 1. The minimum atomic E-state index is -1.15. The molecule has 0 bridgehead atoms. The minimum absolute atomic E-state index is 0.0767. The van der Waals surface area contributed by atoms with Gasteiger partial charge in [-0.05, 0) is 19.1 Å². The highest BCUT2D eigenvalue weighted by Gasteiger charge is 2.41. The lowest BCUT2D eigenvalue weighted by Gasteiger charge is -2.13. The number of nitrogens with one attached hydrogen (secondary N) is 1. The Morgan fingerprint density at radius 3 is 2.41 bits per heavy atom. The Bertz CT molecular complexity index is 975. The van der Waals surface area contributed by atoms with Crippen LogP contribution in [0.15, 0.2) is 30.3 Å². The van der Waals surface area contributed by atoms with Crippen LogP contribution in [0, 0.1) is 6.92 Å². The lowest BCUT2D eigenvalue weighted by atomic mass is 10.1. The summed E-state index contributed by atoms with van der Waals surface area (Å²) in [5.41, 5.74) is 0.497.